The molecule has 0 unspecified atom stereocenters. The Balaban J connectivity index is 1.78. The molecule has 1 atom stereocenters. The van der Waals surface area contributed by atoms with E-state index in [0.717, 1.165) is 12.8 Å². The summed E-state index contributed by atoms with van der Waals surface area (Å²) in [5, 5.41) is 11.8. The maximum absolute atomic E-state index is 14.7. The van der Waals surface area contributed by atoms with Crippen LogP contribution < -0.4 is 11.1 Å². The van der Waals surface area contributed by atoms with Gasteiger partial charge in [-0.2, -0.15) is 5.26 Å². The highest BCUT2D eigenvalue weighted by Crippen LogP contribution is 2.47. The first-order valence-electron chi connectivity index (χ1n) is 9.41. The van der Waals surface area contributed by atoms with Gasteiger partial charge in [-0.1, -0.05) is 18.1 Å². The number of nitrogens with two attached hydrogens (primary N) is 1. The summed E-state index contributed by atoms with van der Waals surface area (Å²) < 4.78 is 34.5. The SMILES string of the molecule is CC(F)(F)[C@@]1(C#CC2CC2)OC(=O)Nc2cc(Cc3ccnc(N)c3C#N)ccc21. The molecule has 1 saturated carbocycles. The standard InChI is InChI=1S/C22H18F2N4O2/c1-21(23,24)22(8-6-13-2-3-13)17-5-4-14(11-18(17)28-20(29)30-22)10-15-7-9-27-19(26)16(15)12-25/h4-5,7,9,11,13H,2-3,10H2,1H3,(H2,26,27)(H,28,29)/t22-/m0/s1. The number of hydrogen-bond donors (Lipinski definition) is 2. The molecule has 8 heteroatoms. The molecule has 1 aliphatic carbocycles. The number of benzene rings is 1. The van der Waals surface area contributed by atoms with Gasteiger partial charge in [0, 0.05) is 24.6 Å². The molecule has 1 aromatic carbocycles. The van der Waals surface area contributed by atoms with Crippen LogP contribution in [-0.2, 0) is 16.8 Å². The summed E-state index contributed by atoms with van der Waals surface area (Å²) in [5.41, 5.74) is 5.30. The first kappa shape index (κ1) is 19.7. The van der Waals surface area contributed by atoms with Crippen molar-refractivity contribution in [3.05, 3.63) is 52.7 Å². The Morgan fingerprint density at radius 1 is 1.40 bits per heavy atom. The average molecular weight is 408 g/mol. The van der Waals surface area contributed by atoms with Crippen LogP contribution in [0.1, 0.15) is 42.0 Å². The van der Waals surface area contributed by atoms with Crippen molar-refractivity contribution in [2.75, 3.05) is 11.1 Å². The molecule has 0 saturated heterocycles. The largest absolute Gasteiger partial charge is 0.418 e. The summed E-state index contributed by atoms with van der Waals surface area (Å²) >= 11 is 0. The van der Waals surface area contributed by atoms with Crippen molar-refractivity contribution in [1.82, 2.24) is 4.98 Å². The van der Waals surface area contributed by atoms with Gasteiger partial charge < -0.3 is 10.5 Å². The summed E-state index contributed by atoms with van der Waals surface area (Å²) in [7, 11) is 0. The molecule has 2 aromatic rings. The molecule has 6 nitrogen and oxygen atoms in total. The number of fused-ring (bicyclic) bond motifs is 1. The lowest BCUT2D eigenvalue weighted by Gasteiger charge is -2.38. The van der Waals surface area contributed by atoms with E-state index in [0.29, 0.717) is 24.5 Å². The van der Waals surface area contributed by atoms with Crippen LogP contribution in [-0.4, -0.2) is 17.0 Å². The molecule has 1 aromatic heterocycles. The lowest BCUT2D eigenvalue weighted by Crippen LogP contribution is -2.50. The lowest BCUT2D eigenvalue weighted by atomic mass is 9.84. The molecule has 152 valence electrons. The maximum atomic E-state index is 14.7. The van der Waals surface area contributed by atoms with Gasteiger partial charge in [0.1, 0.15) is 11.9 Å². The molecule has 1 fully saturated rings. The third-order valence-electron chi connectivity index (χ3n) is 5.17. The van der Waals surface area contributed by atoms with Gasteiger partial charge in [-0.3, -0.25) is 5.32 Å². The molecule has 3 N–H and O–H groups in total. The number of hydrogen-bond acceptors (Lipinski definition) is 5. The third kappa shape index (κ3) is 3.42. The van der Waals surface area contributed by atoms with Crippen molar-refractivity contribution in [2.24, 2.45) is 5.92 Å². The molecule has 0 radical (unpaired) electrons. The van der Waals surface area contributed by atoms with Crippen LogP contribution in [0.15, 0.2) is 30.5 Å². The third-order valence-corrected chi connectivity index (χ3v) is 5.17. The molecular formula is C22H18F2N4O2. The number of nitriles is 1. The number of nitrogens with zero attached hydrogens (tertiary/aromatic N) is 2. The Morgan fingerprint density at radius 3 is 2.83 bits per heavy atom. The molecule has 0 spiro atoms. The summed E-state index contributed by atoms with van der Waals surface area (Å²) in [4.78, 5) is 16.1. The summed E-state index contributed by atoms with van der Waals surface area (Å²) in [6.45, 7) is 0.698. The monoisotopic (exact) mass is 408 g/mol. The summed E-state index contributed by atoms with van der Waals surface area (Å²) in [6.07, 6.45) is 2.52. The Morgan fingerprint density at radius 2 is 2.17 bits per heavy atom. The molecule has 30 heavy (non-hydrogen) atoms. The second-order valence-electron chi connectivity index (χ2n) is 7.53. The fourth-order valence-corrected chi connectivity index (χ4v) is 3.42. The predicted octanol–water partition coefficient (Wildman–Crippen LogP) is 3.95. The number of anilines is 2. The summed E-state index contributed by atoms with van der Waals surface area (Å²) in [5.74, 6) is 2.14. The van der Waals surface area contributed by atoms with Gasteiger partial charge in [-0.05, 0) is 48.4 Å². The molecule has 1 amide bonds. The van der Waals surface area contributed by atoms with E-state index < -0.39 is 17.6 Å². The van der Waals surface area contributed by atoms with E-state index in [4.69, 9.17) is 10.5 Å². The van der Waals surface area contributed by atoms with Gasteiger partial charge in [0.2, 0.25) is 0 Å². The van der Waals surface area contributed by atoms with Gasteiger partial charge in [0.15, 0.2) is 0 Å². The topological polar surface area (TPSA) is 101 Å². The first-order chi connectivity index (χ1) is 14.2. The van der Waals surface area contributed by atoms with Crippen molar-refractivity contribution in [3.63, 3.8) is 0 Å². The number of cyclic esters (lactones) is 1. The number of alkyl halides is 2. The normalized spacial score (nSPS) is 20.1. The Kier molecular flexibility index (Phi) is 4.58. The average Bonchev–Trinajstić information content (AvgIpc) is 3.49. The second-order valence-corrected chi connectivity index (χ2v) is 7.53. The van der Waals surface area contributed by atoms with Gasteiger partial charge in [0.05, 0.1) is 11.3 Å². The minimum absolute atomic E-state index is 0.0575. The Labute approximate surface area is 172 Å². The number of nitrogen functional groups attached to an aromatic ring is 1. The van der Waals surface area contributed by atoms with E-state index >= 15 is 0 Å². The highest BCUT2D eigenvalue weighted by Gasteiger charge is 2.57. The molecule has 4 rings (SSSR count). The van der Waals surface area contributed by atoms with Crippen LogP contribution in [0.4, 0.5) is 25.1 Å². The Hall–Kier alpha value is -3.65. The van der Waals surface area contributed by atoms with Crippen LogP contribution in [0.25, 0.3) is 0 Å². The lowest BCUT2D eigenvalue weighted by molar-refractivity contribution is -0.142. The van der Waals surface area contributed by atoms with Crippen molar-refractivity contribution in [1.29, 1.82) is 5.26 Å². The number of rotatable bonds is 3. The zero-order valence-electron chi connectivity index (χ0n) is 16.1. The number of pyridine rings is 1. The van der Waals surface area contributed by atoms with Crippen LogP contribution in [0.2, 0.25) is 0 Å². The van der Waals surface area contributed by atoms with Crippen LogP contribution in [0, 0.1) is 29.1 Å². The van der Waals surface area contributed by atoms with E-state index in [1.807, 2.05) is 6.07 Å². The number of nitrogens with one attached hydrogen (secondary N) is 1. The molecule has 2 heterocycles. The van der Waals surface area contributed by atoms with Gasteiger partial charge in [-0.15, -0.1) is 0 Å². The zero-order valence-corrected chi connectivity index (χ0v) is 16.1. The minimum Gasteiger partial charge on any atom is -0.418 e. The number of halogens is 2. The smallest absolute Gasteiger partial charge is 0.413 e. The van der Waals surface area contributed by atoms with Crippen molar-refractivity contribution in [2.45, 2.75) is 37.7 Å². The number of carbonyl (C=O) groups is 1. The highest BCUT2D eigenvalue weighted by atomic mass is 19.3. The first-order valence-corrected chi connectivity index (χ1v) is 9.41. The predicted molar refractivity (Wildman–Crippen MR) is 106 cm³/mol. The van der Waals surface area contributed by atoms with Crippen molar-refractivity contribution < 1.29 is 18.3 Å². The summed E-state index contributed by atoms with van der Waals surface area (Å²) in [6, 6.07) is 8.42. The van der Waals surface area contributed by atoms with Gasteiger partial charge >= 0.3 is 6.09 Å². The molecular weight excluding hydrogens is 390 g/mol. The van der Waals surface area contributed by atoms with E-state index in [9.17, 15) is 18.8 Å². The van der Waals surface area contributed by atoms with Crippen LogP contribution in [0.5, 0.6) is 0 Å². The van der Waals surface area contributed by atoms with E-state index in [2.05, 4.69) is 22.1 Å². The van der Waals surface area contributed by atoms with E-state index in [1.165, 1.54) is 12.3 Å². The van der Waals surface area contributed by atoms with E-state index in [-0.39, 0.29) is 28.6 Å². The molecule has 1 aliphatic heterocycles. The minimum atomic E-state index is -3.42. The van der Waals surface area contributed by atoms with E-state index in [1.54, 1.807) is 18.2 Å². The number of aromatic nitrogens is 1. The fourth-order valence-electron chi connectivity index (χ4n) is 3.42. The maximum Gasteiger partial charge on any atom is 0.413 e. The second kappa shape index (κ2) is 7.00. The molecule has 0 bridgehead atoms. The van der Waals surface area contributed by atoms with Gasteiger partial charge in [-0.25, -0.2) is 18.6 Å². The van der Waals surface area contributed by atoms with Crippen LogP contribution in [0.3, 0.4) is 0 Å². The number of amides is 1. The number of carbonyl (C=O) groups excluding carboxylic acids is 1. The fraction of sp³-hybridized carbons (Fsp3) is 0.318. The highest BCUT2D eigenvalue weighted by molar-refractivity contribution is 5.90. The zero-order chi connectivity index (χ0) is 21.5. The van der Waals surface area contributed by atoms with Gasteiger partial charge in [0.25, 0.3) is 11.5 Å². The van der Waals surface area contributed by atoms with Crippen molar-refractivity contribution in [3.8, 4) is 17.9 Å². The van der Waals surface area contributed by atoms with Crippen LogP contribution >= 0.6 is 0 Å². The molecule has 2 aliphatic rings. The quantitative estimate of drug-likeness (QED) is 0.749. The Bertz CT molecular complexity index is 1140. The van der Waals surface area contributed by atoms with Crippen molar-refractivity contribution >= 4 is 17.6 Å². The number of ether oxygens (including phenoxy) is 1.